The first-order valence-corrected chi connectivity index (χ1v) is 10.0. The molecule has 2 atom stereocenters. The van der Waals surface area contributed by atoms with E-state index in [0.717, 1.165) is 4.47 Å². The number of carbonyl (C=O) groups excluding carboxylic acids is 1. The molecule has 9 heteroatoms. The average molecular weight is 451 g/mol. The summed E-state index contributed by atoms with van der Waals surface area (Å²) >= 11 is 4.73. The maximum absolute atomic E-state index is 14.7. The summed E-state index contributed by atoms with van der Waals surface area (Å²) in [7, 11) is 0. The van der Waals surface area contributed by atoms with Crippen LogP contribution in [0.5, 0.6) is 0 Å². The summed E-state index contributed by atoms with van der Waals surface area (Å²) in [5, 5.41) is 3.18. The Bertz CT molecular complexity index is 924. The largest absolute Gasteiger partial charge is 0.379 e. The quantitative estimate of drug-likeness (QED) is 0.749. The molecular weight excluding hydrogens is 435 g/mol. The molecule has 1 aromatic heterocycles. The highest BCUT2D eigenvalue weighted by Gasteiger charge is 2.49. The second-order valence-corrected chi connectivity index (χ2v) is 8.36. The Labute approximate surface area is 167 Å². The first-order valence-electron chi connectivity index (χ1n) is 8.27. The van der Waals surface area contributed by atoms with Gasteiger partial charge in [0.1, 0.15) is 17.1 Å². The number of nitrogens with two attached hydrogens (primary N) is 1. The van der Waals surface area contributed by atoms with Gasteiger partial charge in [-0.3, -0.25) is 4.79 Å². The number of benzene rings is 1. The van der Waals surface area contributed by atoms with Gasteiger partial charge in [0, 0.05) is 33.6 Å². The number of hydrogen-bond donors (Lipinski definition) is 2. The standard InChI is InChI=1S/C18H16BrFN4O2S/c19-11-1-4-15(22-6-11)16(25)23-12-2-3-14(20)13(5-12)18-9-26-7-10(18)8-27-17(21)24-18/h1-6,10H,7-9H2,(H2,21,24)(H,23,25)/t10-,18+/m0/s1. The number of pyridine rings is 1. The van der Waals surface area contributed by atoms with Crippen molar-refractivity contribution < 1.29 is 13.9 Å². The van der Waals surface area contributed by atoms with Crippen molar-refractivity contribution in [1.82, 2.24) is 4.98 Å². The van der Waals surface area contributed by atoms with Crippen molar-refractivity contribution in [2.24, 2.45) is 16.6 Å². The molecule has 6 nitrogen and oxygen atoms in total. The number of aromatic nitrogens is 1. The van der Waals surface area contributed by atoms with Crippen LogP contribution in [0.1, 0.15) is 16.1 Å². The predicted octanol–water partition coefficient (Wildman–Crippen LogP) is 3.14. The highest BCUT2D eigenvalue weighted by atomic mass is 79.9. The van der Waals surface area contributed by atoms with Crippen LogP contribution < -0.4 is 11.1 Å². The molecule has 1 amide bonds. The number of anilines is 1. The molecule has 0 spiro atoms. The summed E-state index contributed by atoms with van der Waals surface area (Å²) in [4.78, 5) is 21.0. The number of amidine groups is 1. The Morgan fingerprint density at radius 1 is 1.41 bits per heavy atom. The fourth-order valence-corrected chi connectivity index (χ4v) is 4.54. The summed E-state index contributed by atoms with van der Waals surface area (Å²) in [6.45, 7) is 0.768. The molecule has 0 saturated carbocycles. The molecule has 1 saturated heterocycles. The maximum Gasteiger partial charge on any atom is 0.274 e. The Balaban J connectivity index is 1.67. The fraction of sp³-hybridized carbons (Fsp3) is 0.278. The van der Waals surface area contributed by atoms with Crippen molar-refractivity contribution in [2.75, 3.05) is 24.3 Å². The number of aliphatic imine (C=N–C) groups is 1. The molecule has 1 aromatic carbocycles. The number of ether oxygens (including phenoxy) is 1. The van der Waals surface area contributed by atoms with Gasteiger partial charge < -0.3 is 15.8 Å². The van der Waals surface area contributed by atoms with E-state index in [1.165, 1.54) is 23.9 Å². The van der Waals surface area contributed by atoms with Crippen LogP contribution in [0.25, 0.3) is 0 Å². The van der Waals surface area contributed by atoms with Crippen LogP contribution in [0.3, 0.4) is 0 Å². The molecule has 2 aromatic rings. The van der Waals surface area contributed by atoms with Crippen LogP contribution in [0.4, 0.5) is 10.1 Å². The van der Waals surface area contributed by atoms with E-state index in [1.54, 1.807) is 24.4 Å². The summed E-state index contributed by atoms with van der Waals surface area (Å²) in [5.74, 6) is -0.0233. The summed E-state index contributed by atoms with van der Waals surface area (Å²) in [5.41, 5.74) is 6.19. The highest BCUT2D eigenvalue weighted by molar-refractivity contribution is 9.10. The lowest BCUT2D eigenvalue weighted by molar-refractivity contribution is 0.102. The number of hydrogen-bond acceptors (Lipinski definition) is 6. The number of fused-ring (bicyclic) bond motifs is 1. The van der Waals surface area contributed by atoms with Gasteiger partial charge in [0.25, 0.3) is 5.91 Å². The molecule has 4 rings (SSSR count). The molecule has 0 aliphatic carbocycles. The number of nitrogens with one attached hydrogen (secondary N) is 1. The van der Waals surface area contributed by atoms with Gasteiger partial charge in [-0.15, -0.1) is 0 Å². The molecular formula is C18H16BrFN4O2S. The minimum Gasteiger partial charge on any atom is -0.379 e. The minimum atomic E-state index is -0.851. The third-order valence-corrected chi connectivity index (χ3v) is 6.13. The molecule has 0 unspecified atom stereocenters. The number of thioether (sulfide) groups is 1. The molecule has 0 radical (unpaired) electrons. The first-order chi connectivity index (χ1) is 13.0. The van der Waals surface area contributed by atoms with Crippen molar-refractivity contribution in [3.63, 3.8) is 0 Å². The maximum atomic E-state index is 14.7. The Hall–Kier alpha value is -1.97. The van der Waals surface area contributed by atoms with Gasteiger partial charge in [-0.25, -0.2) is 14.4 Å². The molecule has 3 N–H and O–H groups in total. The lowest BCUT2D eigenvalue weighted by atomic mass is 9.81. The van der Waals surface area contributed by atoms with E-state index in [9.17, 15) is 9.18 Å². The van der Waals surface area contributed by atoms with Crippen molar-refractivity contribution in [3.05, 3.63) is 58.1 Å². The molecule has 27 heavy (non-hydrogen) atoms. The summed E-state index contributed by atoms with van der Waals surface area (Å²) in [6.07, 6.45) is 1.54. The van der Waals surface area contributed by atoms with Gasteiger partial charge in [-0.05, 0) is 46.3 Å². The zero-order chi connectivity index (χ0) is 19.0. The van der Waals surface area contributed by atoms with Crippen LogP contribution in [0, 0.1) is 11.7 Å². The Morgan fingerprint density at radius 2 is 2.26 bits per heavy atom. The van der Waals surface area contributed by atoms with E-state index in [2.05, 4.69) is 31.2 Å². The second-order valence-electron chi connectivity index (χ2n) is 6.41. The zero-order valence-electron chi connectivity index (χ0n) is 14.1. The van der Waals surface area contributed by atoms with Crippen LogP contribution in [0.2, 0.25) is 0 Å². The minimum absolute atomic E-state index is 0.0309. The monoisotopic (exact) mass is 450 g/mol. The van der Waals surface area contributed by atoms with E-state index in [-0.39, 0.29) is 24.1 Å². The Kier molecular flexibility index (Phi) is 4.92. The first kappa shape index (κ1) is 18.4. The lowest BCUT2D eigenvalue weighted by Gasteiger charge is -2.34. The Morgan fingerprint density at radius 3 is 3.04 bits per heavy atom. The van der Waals surface area contributed by atoms with Crippen molar-refractivity contribution in [3.8, 4) is 0 Å². The number of carbonyl (C=O) groups is 1. The van der Waals surface area contributed by atoms with Gasteiger partial charge in [0.2, 0.25) is 0 Å². The smallest absolute Gasteiger partial charge is 0.274 e. The molecule has 2 aliphatic rings. The third kappa shape index (κ3) is 3.46. The molecule has 140 valence electrons. The molecule has 3 heterocycles. The number of halogens is 2. The molecule has 2 aliphatic heterocycles. The average Bonchev–Trinajstić information content (AvgIpc) is 3.07. The summed E-state index contributed by atoms with van der Waals surface area (Å²) in [6, 6.07) is 7.79. The summed E-state index contributed by atoms with van der Waals surface area (Å²) < 4.78 is 21.1. The van der Waals surface area contributed by atoms with Crippen molar-refractivity contribution in [2.45, 2.75) is 5.54 Å². The predicted molar refractivity (Wildman–Crippen MR) is 106 cm³/mol. The van der Waals surface area contributed by atoms with Gasteiger partial charge in [-0.2, -0.15) is 0 Å². The number of nitrogens with zero attached hydrogens (tertiary/aromatic N) is 2. The second kappa shape index (κ2) is 7.21. The molecule has 1 fully saturated rings. The molecule has 0 bridgehead atoms. The topological polar surface area (TPSA) is 89.6 Å². The van der Waals surface area contributed by atoms with E-state index in [4.69, 9.17) is 10.5 Å². The van der Waals surface area contributed by atoms with E-state index >= 15 is 0 Å². The van der Waals surface area contributed by atoms with E-state index < -0.39 is 11.4 Å². The van der Waals surface area contributed by atoms with E-state index in [0.29, 0.717) is 28.8 Å². The van der Waals surface area contributed by atoms with Gasteiger partial charge >= 0.3 is 0 Å². The van der Waals surface area contributed by atoms with Crippen molar-refractivity contribution >= 4 is 44.5 Å². The van der Waals surface area contributed by atoms with Crippen LogP contribution in [-0.2, 0) is 10.3 Å². The SMILES string of the molecule is NC1=N[C@]2(c3cc(NC(=O)c4ccc(Br)cn4)ccc3F)COC[C@H]2CS1. The lowest BCUT2D eigenvalue weighted by Crippen LogP contribution is -2.40. The zero-order valence-corrected chi connectivity index (χ0v) is 16.5. The van der Waals surface area contributed by atoms with Crippen molar-refractivity contribution in [1.29, 1.82) is 0 Å². The fourth-order valence-electron chi connectivity index (χ4n) is 3.33. The van der Waals surface area contributed by atoms with Crippen LogP contribution in [0.15, 0.2) is 46.0 Å². The van der Waals surface area contributed by atoms with Crippen LogP contribution in [-0.4, -0.2) is 35.0 Å². The van der Waals surface area contributed by atoms with Crippen LogP contribution >= 0.6 is 27.7 Å². The highest BCUT2D eigenvalue weighted by Crippen LogP contribution is 2.45. The van der Waals surface area contributed by atoms with Gasteiger partial charge in [-0.1, -0.05) is 11.8 Å². The normalized spacial score (nSPS) is 24.2. The van der Waals surface area contributed by atoms with Gasteiger partial charge in [0.05, 0.1) is 13.2 Å². The number of amides is 1. The van der Waals surface area contributed by atoms with Gasteiger partial charge in [0.15, 0.2) is 5.17 Å². The van der Waals surface area contributed by atoms with E-state index in [1.807, 2.05) is 0 Å². The number of rotatable bonds is 3. The third-order valence-electron chi connectivity index (χ3n) is 4.71.